The molecule has 11 atom stereocenters. The molecule has 2 aliphatic carbocycles. The van der Waals surface area contributed by atoms with Crippen molar-refractivity contribution in [1.82, 2.24) is 0 Å². The fourth-order valence-electron chi connectivity index (χ4n) is 6.45. The van der Waals surface area contributed by atoms with E-state index in [-0.39, 0.29) is 29.3 Å². The summed E-state index contributed by atoms with van der Waals surface area (Å²) >= 11 is 0. The number of fused-ring (bicyclic) bond motifs is 2. The van der Waals surface area contributed by atoms with Crippen LogP contribution in [-0.2, 0) is 52.4 Å². The number of rotatable bonds is 6. The SMILES string of the molecule is C=C(C)C(=O)OCC(=O)OC1C2OC(=O)C3C2OC1C3C(=O)OC1C2CC3C(=O)OC1C3C2. The minimum absolute atomic E-state index is 0.0415. The second kappa shape index (κ2) is 7.02. The van der Waals surface area contributed by atoms with Gasteiger partial charge in [0.15, 0.2) is 18.8 Å². The molecule has 11 nitrogen and oxygen atoms in total. The Labute approximate surface area is 187 Å². The van der Waals surface area contributed by atoms with Gasteiger partial charge >= 0.3 is 29.8 Å². The molecule has 4 saturated heterocycles. The van der Waals surface area contributed by atoms with Crippen LogP contribution in [-0.4, -0.2) is 73.1 Å². The molecular formula is C22H22O11. The minimum atomic E-state index is -1.03. The first-order chi connectivity index (χ1) is 15.7. The Morgan fingerprint density at radius 3 is 2.48 bits per heavy atom. The first-order valence-electron chi connectivity index (χ1n) is 11.0. The number of esters is 5. The molecule has 6 fully saturated rings. The predicted molar refractivity (Wildman–Crippen MR) is 101 cm³/mol. The van der Waals surface area contributed by atoms with Gasteiger partial charge in [0, 0.05) is 17.4 Å². The summed E-state index contributed by atoms with van der Waals surface area (Å²) in [5, 5.41) is 0. The molecular weight excluding hydrogens is 440 g/mol. The van der Waals surface area contributed by atoms with Crippen molar-refractivity contribution in [3.63, 3.8) is 0 Å². The molecule has 33 heavy (non-hydrogen) atoms. The van der Waals surface area contributed by atoms with E-state index in [1.54, 1.807) is 0 Å². The molecule has 0 amide bonds. The van der Waals surface area contributed by atoms with Crippen molar-refractivity contribution < 1.29 is 52.4 Å². The van der Waals surface area contributed by atoms with Gasteiger partial charge in [0.25, 0.3) is 0 Å². The van der Waals surface area contributed by atoms with E-state index in [0.717, 1.165) is 6.42 Å². The zero-order valence-corrected chi connectivity index (χ0v) is 17.7. The van der Waals surface area contributed by atoms with E-state index in [1.165, 1.54) is 6.92 Å². The molecule has 0 spiro atoms. The lowest BCUT2D eigenvalue weighted by Gasteiger charge is -2.30. The highest BCUT2D eigenvalue weighted by atomic mass is 16.7. The average molecular weight is 462 g/mol. The monoisotopic (exact) mass is 462 g/mol. The van der Waals surface area contributed by atoms with E-state index >= 15 is 0 Å². The van der Waals surface area contributed by atoms with Crippen molar-refractivity contribution in [3.8, 4) is 0 Å². The summed E-state index contributed by atoms with van der Waals surface area (Å²) in [4.78, 5) is 61.4. The number of hydrogen-bond acceptors (Lipinski definition) is 11. The lowest BCUT2D eigenvalue weighted by atomic mass is 9.78. The van der Waals surface area contributed by atoms with Crippen LogP contribution in [0, 0.1) is 29.6 Å². The summed E-state index contributed by atoms with van der Waals surface area (Å²) in [6, 6.07) is 0. The Kier molecular flexibility index (Phi) is 4.39. The van der Waals surface area contributed by atoms with Crippen LogP contribution >= 0.6 is 0 Å². The van der Waals surface area contributed by atoms with Gasteiger partial charge in [-0.3, -0.25) is 14.4 Å². The van der Waals surface area contributed by atoms with Crippen LogP contribution in [0.15, 0.2) is 12.2 Å². The maximum atomic E-state index is 13.2. The predicted octanol–water partition coefficient (Wildman–Crippen LogP) is -0.550. The normalized spacial score (nSPS) is 45.1. The van der Waals surface area contributed by atoms with Crippen LogP contribution in [0.2, 0.25) is 0 Å². The fourth-order valence-corrected chi connectivity index (χ4v) is 6.45. The third-order valence-electron chi connectivity index (χ3n) is 7.78. The van der Waals surface area contributed by atoms with E-state index < -0.39 is 78.9 Å². The smallest absolute Gasteiger partial charge is 0.344 e. The van der Waals surface area contributed by atoms with Gasteiger partial charge in [-0.2, -0.15) is 0 Å². The molecule has 11 unspecified atom stereocenters. The molecule has 0 aromatic carbocycles. The van der Waals surface area contributed by atoms with Crippen LogP contribution in [0.3, 0.4) is 0 Å². The average Bonchev–Trinajstić information content (AvgIpc) is 3.55. The molecule has 176 valence electrons. The largest absolute Gasteiger partial charge is 0.458 e. The quantitative estimate of drug-likeness (QED) is 0.285. The van der Waals surface area contributed by atoms with Crippen molar-refractivity contribution in [2.75, 3.05) is 6.61 Å². The van der Waals surface area contributed by atoms with Gasteiger partial charge in [-0.15, -0.1) is 0 Å². The van der Waals surface area contributed by atoms with Gasteiger partial charge in [-0.1, -0.05) is 6.58 Å². The van der Waals surface area contributed by atoms with E-state index in [1.807, 2.05) is 0 Å². The Bertz CT molecular complexity index is 987. The summed E-state index contributed by atoms with van der Waals surface area (Å²) in [5.41, 5.74) is 0.126. The Hall–Kier alpha value is -2.95. The molecule has 0 radical (unpaired) electrons. The maximum absolute atomic E-state index is 13.2. The van der Waals surface area contributed by atoms with E-state index in [0.29, 0.717) is 6.42 Å². The van der Waals surface area contributed by atoms with E-state index in [9.17, 15) is 24.0 Å². The minimum Gasteiger partial charge on any atom is -0.458 e. The van der Waals surface area contributed by atoms with Gasteiger partial charge in [0.05, 0.1) is 5.92 Å². The zero-order chi connectivity index (χ0) is 23.2. The van der Waals surface area contributed by atoms with Crippen LogP contribution < -0.4 is 0 Å². The summed E-state index contributed by atoms with van der Waals surface area (Å²) < 4.78 is 32.6. The highest BCUT2D eigenvalue weighted by Gasteiger charge is 2.72. The fraction of sp³-hybridized carbons (Fsp3) is 0.682. The second-order valence-electron chi connectivity index (χ2n) is 9.63. The van der Waals surface area contributed by atoms with E-state index in [2.05, 4.69) is 6.58 Å². The molecule has 4 aliphatic heterocycles. The first-order valence-corrected chi connectivity index (χ1v) is 11.0. The number of hydrogen-bond donors (Lipinski definition) is 0. The lowest BCUT2D eigenvalue weighted by Crippen LogP contribution is -2.49. The summed E-state index contributed by atoms with van der Waals surface area (Å²) in [7, 11) is 0. The summed E-state index contributed by atoms with van der Waals surface area (Å²) in [6.07, 6.45) is -3.14. The molecule has 2 saturated carbocycles. The topological polar surface area (TPSA) is 141 Å². The number of carbonyl (C=O) groups excluding carboxylic acids is 5. The van der Waals surface area contributed by atoms with Gasteiger partial charge < -0.3 is 28.4 Å². The highest BCUT2D eigenvalue weighted by molar-refractivity contribution is 5.89. The Morgan fingerprint density at radius 2 is 1.73 bits per heavy atom. The molecule has 0 N–H and O–H groups in total. The van der Waals surface area contributed by atoms with Crippen molar-refractivity contribution in [1.29, 1.82) is 0 Å². The van der Waals surface area contributed by atoms with Crippen molar-refractivity contribution in [3.05, 3.63) is 12.2 Å². The molecule has 4 bridgehead atoms. The standard InChI is InChI=1S/C22H22O11/c1-6(2)19(24)28-5-10(23)29-17-15-11(12-16(30-15)18(17)33-22(12)27)21(26)31-13-7-3-8-9(4-7)20(25)32-14(8)13/h7-9,11-18H,1,3-5H2,2H3. The van der Waals surface area contributed by atoms with Gasteiger partial charge in [0.2, 0.25) is 0 Å². The van der Waals surface area contributed by atoms with Gasteiger partial charge in [-0.05, 0) is 19.8 Å². The molecule has 6 rings (SSSR count). The zero-order valence-electron chi connectivity index (χ0n) is 17.7. The molecule has 6 aliphatic rings. The Balaban J connectivity index is 1.15. The maximum Gasteiger partial charge on any atom is 0.344 e. The van der Waals surface area contributed by atoms with Crippen molar-refractivity contribution in [2.24, 2.45) is 29.6 Å². The second-order valence-corrected chi connectivity index (χ2v) is 9.63. The molecule has 0 aromatic rings. The molecule has 11 heteroatoms. The van der Waals surface area contributed by atoms with Crippen LogP contribution in [0.4, 0.5) is 0 Å². The Morgan fingerprint density at radius 1 is 0.970 bits per heavy atom. The first kappa shape index (κ1) is 20.6. The molecule has 0 aromatic heterocycles. The van der Waals surface area contributed by atoms with Crippen LogP contribution in [0.5, 0.6) is 0 Å². The third kappa shape index (κ3) is 2.87. The number of ether oxygens (including phenoxy) is 6. The number of carbonyl (C=O) groups is 5. The van der Waals surface area contributed by atoms with E-state index in [4.69, 9.17) is 28.4 Å². The molecule has 4 heterocycles. The third-order valence-corrected chi connectivity index (χ3v) is 7.78. The van der Waals surface area contributed by atoms with Crippen LogP contribution in [0.1, 0.15) is 19.8 Å². The highest BCUT2D eigenvalue weighted by Crippen LogP contribution is 2.56. The summed E-state index contributed by atoms with van der Waals surface area (Å²) in [5.74, 6) is -4.98. The van der Waals surface area contributed by atoms with Gasteiger partial charge in [0.1, 0.15) is 36.3 Å². The van der Waals surface area contributed by atoms with Crippen molar-refractivity contribution in [2.45, 2.75) is 56.4 Å². The van der Waals surface area contributed by atoms with Crippen LogP contribution in [0.25, 0.3) is 0 Å². The lowest BCUT2D eigenvalue weighted by molar-refractivity contribution is -0.174. The summed E-state index contributed by atoms with van der Waals surface area (Å²) in [6.45, 7) is 4.21. The van der Waals surface area contributed by atoms with Gasteiger partial charge in [-0.25, -0.2) is 9.59 Å². The van der Waals surface area contributed by atoms with Crippen molar-refractivity contribution >= 4 is 29.8 Å².